The van der Waals surface area contributed by atoms with Crippen molar-refractivity contribution in [3.63, 3.8) is 0 Å². The number of anilines is 1. The lowest BCUT2D eigenvalue weighted by Crippen LogP contribution is -2.21. The molecule has 11 heteroatoms. The highest BCUT2D eigenvalue weighted by Crippen LogP contribution is 2.35. The number of hydrogen-bond acceptors (Lipinski definition) is 5. The van der Waals surface area contributed by atoms with Crippen LogP contribution in [0.25, 0.3) is 10.9 Å². The zero-order valence-corrected chi connectivity index (χ0v) is 20.8. The van der Waals surface area contributed by atoms with Gasteiger partial charge in [0.1, 0.15) is 11.6 Å². The molecule has 2 aromatic heterocycles. The standard InChI is InChI=1S/C26H27N3O3.C2HF3O2/c30-26(31)17-21(19-8-2-1-3-9-19)23-18-29-24-12-11-20(16-22(23)24)32-15-7-6-14-28-25-10-4-5-13-27-25;3-2(4,5)1(6)7/h1-5,8-13,16,18,21,29H,6-7,14-15,17H2,(H,27,28)(H,30,31);(H,6,7). The van der Waals surface area contributed by atoms with E-state index in [1.165, 1.54) is 0 Å². The maximum absolute atomic E-state index is 11.6. The third kappa shape index (κ3) is 9.06. The van der Waals surface area contributed by atoms with Crippen molar-refractivity contribution in [2.45, 2.75) is 31.4 Å². The maximum Gasteiger partial charge on any atom is 0.490 e. The van der Waals surface area contributed by atoms with Crippen molar-refractivity contribution in [1.82, 2.24) is 9.97 Å². The van der Waals surface area contributed by atoms with E-state index >= 15 is 0 Å². The van der Waals surface area contributed by atoms with Crippen LogP contribution in [0.1, 0.15) is 36.3 Å². The molecule has 206 valence electrons. The number of alkyl halides is 3. The van der Waals surface area contributed by atoms with Gasteiger partial charge in [0, 0.05) is 35.8 Å². The number of ether oxygens (including phenoxy) is 1. The summed E-state index contributed by atoms with van der Waals surface area (Å²) in [5, 5.41) is 20.9. The number of nitrogens with one attached hydrogen (secondary N) is 2. The predicted octanol–water partition coefficient (Wildman–Crippen LogP) is 6.07. The Hall–Kier alpha value is -4.54. The van der Waals surface area contributed by atoms with Crippen molar-refractivity contribution in [2.75, 3.05) is 18.5 Å². The largest absolute Gasteiger partial charge is 0.494 e. The zero-order valence-electron chi connectivity index (χ0n) is 20.8. The van der Waals surface area contributed by atoms with Gasteiger partial charge in [-0.05, 0) is 54.3 Å². The fourth-order valence-electron chi connectivity index (χ4n) is 3.87. The summed E-state index contributed by atoms with van der Waals surface area (Å²) in [6.45, 7) is 1.46. The third-order valence-corrected chi connectivity index (χ3v) is 5.69. The van der Waals surface area contributed by atoms with Gasteiger partial charge in [-0.15, -0.1) is 0 Å². The molecule has 4 rings (SSSR count). The summed E-state index contributed by atoms with van der Waals surface area (Å²) >= 11 is 0. The number of benzene rings is 2. The van der Waals surface area contributed by atoms with E-state index in [1.54, 1.807) is 6.20 Å². The van der Waals surface area contributed by atoms with Gasteiger partial charge < -0.3 is 25.3 Å². The zero-order chi connectivity index (χ0) is 28.3. The average Bonchev–Trinajstić information content (AvgIpc) is 3.33. The molecular weight excluding hydrogens is 515 g/mol. The first-order valence-corrected chi connectivity index (χ1v) is 12.1. The van der Waals surface area contributed by atoms with Crippen LogP contribution < -0.4 is 10.1 Å². The van der Waals surface area contributed by atoms with Gasteiger partial charge in [0.15, 0.2) is 0 Å². The number of aromatic nitrogens is 2. The molecule has 0 saturated carbocycles. The van der Waals surface area contributed by atoms with Crippen molar-refractivity contribution in [3.8, 4) is 5.75 Å². The molecule has 0 aliphatic heterocycles. The minimum absolute atomic E-state index is 0.0331. The molecule has 39 heavy (non-hydrogen) atoms. The van der Waals surface area contributed by atoms with Crippen molar-refractivity contribution in [1.29, 1.82) is 0 Å². The van der Waals surface area contributed by atoms with E-state index in [0.717, 1.165) is 53.0 Å². The summed E-state index contributed by atoms with van der Waals surface area (Å²) in [7, 11) is 0. The van der Waals surface area contributed by atoms with Crippen LogP contribution >= 0.6 is 0 Å². The summed E-state index contributed by atoms with van der Waals surface area (Å²) < 4.78 is 37.7. The molecule has 0 fully saturated rings. The molecule has 1 atom stereocenters. The lowest BCUT2D eigenvalue weighted by Gasteiger charge is -2.15. The Labute approximate surface area is 222 Å². The fraction of sp³-hybridized carbons (Fsp3) is 0.250. The Morgan fingerprint density at radius 2 is 1.72 bits per heavy atom. The van der Waals surface area contributed by atoms with Crippen LogP contribution in [0.5, 0.6) is 5.75 Å². The number of nitrogens with zero attached hydrogens (tertiary/aromatic N) is 1. The summed E-state index contributed by atoms with van der Waals surface area (Å²) in [6, 6.07) is 21.5. The molecule has 0 bridgehead atoms. The number of halogens is 3. The van der Waals surface area contributed by atoms with Gasteiger partial charge in [-0.1, -0.05) is 36.4 Å². The van der Waals surface area contributed by atoms with Gasteiger partial charge in [0.05, 0.1) is 13.0 Å². The van der Waals surface area contributed by atoms with Gasteiger partial charge in [-0.25, -0.2) is 9.78 Å². The second-order valence-electron chi connectivity index (χ2n) is 8.51. The first-order valence-electron chi connectivity index (χ1n) is 12.1. The first kappa shape index (κ1) is 29.0. The Kier molecular flexibility index (Phi) is 10.3. The number of carboxylic acids is 2. The summed E-state index contributed by atoms with van der Waals surface area (Å²) in [4.78, 5) is 28.0. The minimum Gasteiger partial charge on any atom is -0.494 e. The molecule has 0 radical (unpaired) electrons. The molecule has 0 aliphatic rings. The molecule has 4 aromatic rings. The molecule has 0 amide bonds. The van der Waals surface area contributed by atoms with Gasteiger partial charge in [0.2, 0.25) is 0 Å². The van der Waals surface area contributed by atoms with E-state index in [4.69, 9.17) is 14.6 Å². The van der Waals surface area contributed by atoms with Crippen molar-refractivity contribution < 1.29 is 37.7 Å². The van der Waals surface area contributed by atoms with Crippen molar-refractivity contribution in [2.24, 2.45) is 0 Å². The molecule has 2 aromatic carbocycles. The second kappa shape index (κ2) is 13.8. The molecule has 0 aliphatic carbocycles. The topological polar surface area (TPSA) is 125 Å². The number of hydrogen-bond donors (Lipinski definition) is 4. The molecule has 1 unspecified atom stereocenters. The molecular formula is C28H28F3N3O5. The minimum atomic E-state index is -5.08. The molecule has 0 spiro atoms. The lowest BCUT2D eigenvalue weighted by atomic mass is 9.88. The molecule has 2 heterocycles. The fourth-order valence-corrected chi connectivity index (χ4v) is 3.87. The summed E-state index contributed by atoms with van der Waals surface area (Å²) in [5.41, 5.74) is 2.93. The first-order chi connectivity index (χ1) is 18.6. The number of unbranched alkanes of at least 4 members (excludes halogenated alkanes) is 1. The summed E-state index contributed by atoms with van der Waals surface area (Å²) in [6.07, 6.45) is 0.533. The second-order valence-corrected chi connectivity index (χ2v) is 8.51. The smallest absolute Gasteiger partial charge is 0.490 e. The Morgan fingerprint density at radius 3 is 2.36 bits per heavy atom. The third-order valence-electron chi connectivity index (χ3n) is 5.69. The van der Waals surface area contributed by atoms with Crippen LogP contribution in [0.3, 0.4) is 0 Å². The Balaban J connectivity index is 0.000000532. The number of aliphatic carboxylic acids is 2. The normalized spacial score (nSPS) is 11.8. The van der Waals surface area contributed by atoms with Gasteiger partial charge in [-0.3, -0.25) is 4.79 Å². The predicted molar refractivity (Wildman–Crippen MR) is 140 cm³/mol. The van der Waals surface area contributed by atoms with E-state index in [2.05, 4.69) is 15.3 Å². The van der Waals surface area contributed by atoms with Crippen LogP contribution in [0.15, 0.2) is 79.1 Å². The van der Waals surface area contributed by atoms with Crippen LogP contribution in [0.2, 0.25) is 0 Å². The SMILES string of the molecule is O=C(O)C(F)(F)F.O=C(O)CC(c1ccccc1)c1c[nH]c2ccc(OCCCCNc3ccccn3)cc12. The highest BCUT2D eigenvalue weighted by molar-refractivity contribution is 5.86. The van der Waals surface area contributed by atoms with E-state index in [9.17, 15) is 23.1 Å². The lowest BCUT2D eigenvalue weighted by molar-refractivity contribution is -0.192. The quantitative estimate of drug-likeness (QED) is 0.169. The highest BCUT2D eigenvalue weighted by atomic mass is 19.4. The van der Waals surface area contributed by atoms with E-state index in [1.807, 2.05) is 72.9 Å². The molecule has 8 nitrogen and oxygen atoms in total. The van der Waals surface area contributed by atoms with E-state index in [0.29, 0.717) is 6.61 Å². The summed E-state index contributed by atoms with van der Waals surface area (Å²) in [5.74, 6) is -2.13. The van der Waals surface area contributed by atoms with Gasteiger partial charge in [0.25, 0.3) is 0 Å². The number of carboxylic acid groups (broad SMARTS) is 2. The van der Waals surface area contributed by atoms with Crippen molar-refractivity contribution >= 4 is 28.7 Å². The van der Waals surface area contributed by atoms with Gasteiger partial charge >= 0.3 is 18.1 Å². The van der Waals surface area contributed by atoms with Gasteiger partial charge in [-0.2, -0.15) is 13.2 Å². The van der Waals surface area contributed by atoms with Crippen LogP contribution in [-0.2, 0) is 9.59 Å². The van der Waals surface area contributed by atoms with Crippen LogP contribution in [0, 0.1) is 0 Å². The number of pyridine rings is 1. The Morgan fingerprint density at radius 1 is 1.00 bits per heavy atom. The molecule has 0 saturated heterocycles. The monoisotopic (exact) mass is 543 g/mol. The Bertz CT molecular complexity index is 1350. The van der Waals surface area contributed by atoms with E-state index in [-0.39, 0.29) is 12.3 Å². The number of aromatic amines is 1. The number of fused-ring (bicyclic) bond motifs is 1. The number of carbonyl (C=O) groups is 2. The average molecular weight is 544 g/mol. The van der Waals surface area contributed by atoms with E-state index < -0.39 is 18.1 Å². The molecule has 4 N–H and O–H groups in total. The number of rotatable bonds is 11. The highest BCUT2D eigenvalue weighted by Gasteiger charge is 2.38. The van der Waals surface area contributed by atoms with Crippen LogP contribution in [-0.4, -0.2) is 51.4 Å². The van der Waals surface area contributed by atoms with Crippen molar-refractivity contribution in [3.05, 3.63) is 90.3 Å². The van der Waals surface area contributed by atoms with Crippen LogP contribution in [0.4, 0.5) is 19.0 Å². The maximum atomic E-state index is 11.6. The number of H-pyrrole nitrogens is 1.